The standard InChI is InChI=1S/C20H36N4O2S.HI/c1-5-8-10-17(6-2)14-23-20(22-7-3)24-15-18-11-9-12-19(13-18)16-27(25,26)21-4;/h9,11-13,17,21H,5-8,10,14-16H2,1-4H3,(H2,22,23,24);1H. The van der Waals surface area contributed by atoms with E-state index < -0.39 is 10.0 Å². The van der Waals surface area contributed by atoms with Gasteiger partial charge in [-0.25, -0.2) is 18.1 Å². The molecule has 0 saturated heterocycles. The third kappa shape index (κ3) is 11.2. The minimum Gasteiger partial charge on any atom is -0.357 e. The molecule has 0 aliphatic rings. The molecule has 6 nitrogen and oxygen atoms in total. The first-order valence-electron chi connectivity index (χ1n) is 9.95. The second-order valence-corrected chi connectivity index (χ2v) is 8.70. The fraction of sp³-hybridized carbons (Fsp3) is 0.650. The van der Waals surface area contributed by atoms with Gasteiger partial charge >= 0.3 is 0 Å². The number of hydrogen-bond donors (Lipinski definition) is 3. The van der Waals surface area contributed by atoms with Gasteiger partial charge in [0.15, 0.2) is 5.96 Å². The Morgan fingerprint density at radius 1 is 1.14 bits per heavy atom. The van der Waals surface area contributed by atoms with E-state index in [0.717, 1.165) is 36.6 Å². The molecule has 0 radical (unpaired) electrons. The van der Waals surface area contributed by atoms with Crippen molar-refractivity contribution in [2.75, 3.05) is 20.1 Å². The Bertz CT molecular complexity index is 681. The molecule has 1 aromatic rings. The number of halogens is 1. The molecule has 0 amide bonds. The zero-order valence-electron chi connectivity index (χ0n) is 17.6. The third-order valence-electron chi connectivity index (χ3n) is 4.52. The minimum absolute atomic E-state index is 0. The first-order valence-corrected chi connectivity index (χ1v) is 11.6. The molecule has 8 heteroatoms. The van der Waals surface area contributed by atoms with Crippen molar-refractivity contribution < 1.29 is 8.42 Å². The highest BCUT2D eigenvalue weighted by Gasteiger charge is 2.09. The molecule has 0 spiro atoms. The number of nitrogens with one attached hydrogen (secondary N) is 3. The van der Waals surface area contributed by atoms with Crippen molar-refractivity contribution in [1.82, 2.24) is 15.4 Å². The normalized spacial score (nSPS) is 12.9. The monoisotopic (exact) mass is 524 g/mol. The molecule has 0 aliphatic carbocycles. The molecular formula is C20H37IN4O2S. The van der Waals surface area contributed by atoms with Gasteiger partial charge in [0, 0.05) is 13.1 Å². The van der Waals surface area contributed by atoms with Crippen molar-refractivity contribution >= 4 is 40.0 Å². The summed E-state index contributed by atoms with van der Waals surface area (Å²) in [4.78, 5) is 4.66. The Balaban J connectivity index is 0.00000729. The molecule has 1 atom stereocenters. The number of rotatable bonds is 12. The van der Waals surface area contributed by atoms with Gasteiger partial charge < -0.3 is 10.6 Å². The highest BCUT2D eigenvalue weighted by atomic mass is 127. The smallest absolute Gasteiger partial charge is 0.215 e. The molecular weight excluding hydrogens is 487 g/mol. The molecule has 1 aromatic carbocycles. The van der Waals surface area contributed by atoms with E-state index in [1.165, 1.54) is 26.3 Å². The fourth-order valence-corrected chi connectivity index (χ4v) is 3.57. The summed E-state index contributed by atoms with van der Waals surface area (Å²) in [5.74, 6) is 1.44. The van der Waals surface area contributed by atoms with E-state index in [4.69, 9.17) is 0 Å². The molecule has 162 valence electrons. The van der Waals surface area contributed by atoms with E-state index in [2.05, 4.69) is 41.1 Å². The van der Waals surface area contributed by atoms with E-state index >= 15 is 0 Å². The number of hydrogen-bond acceptors (Lipinski definition) is 3. The Labute approximate surface area is 188 Å². The Kier molecular flexibility index (Phi) is 14.6. The minimum atomic E-state index is -3.27. The lowest BCUT2D eigenvalue weighted by Crippen LogP contribution is -2.39. The summed E-state index contributed by atoms with van der Waals surface area (Å²) in [7, 11) is -1.84. The molecule has 28 heavy (non-hydrogen) atoms. The average Bonchev–Trinajstić information content (AvgIpc) is 2.66. The van der Waals surface area contributed by atoms with Crippen molar-refractivity contribution in [3.63, 3.8) is 0 Å². The molecule has 0 aromatic heterocycles. The molecule has 0 bridgehead atoms. The summed E-state index contributed by atoms with van der Waals surface area (Å²) < 4.78 is 25.8. The lowest BCUT2D eigenvalue weighted by atomic mass is 9.99. The average molecular weight is 525 g/mol. The van der Waals surface area contributed by atoms with Crippen LogP contribution < -0.4 is 15.4 Å². The second kappa shape index (κ2) is 15.0. The van der Waals surface area contributed by atoms with E-state index in [1.54, 1.807) is 0 Å². The summed E-state index contributed by atoms with van der Waals surface area (Å²) in [6, 6.07) is 7.57. The first-order chi connectivity index (χ1) is 12.9. The van der Waals surface area contributed by atoms with Crippen molar-refractivity contribution in [2.45, 2.75) is 58.8 Å². The van der Waals surface area contributed by atoms with Crippen LogP contribution in [0.5, 0.6) is 0 Å². The molecule has 0 heterocycles. The van der Waals surface area contributed by atoms with Crippen LogP contribution in [0.4, 0.5) is 0 Å². The molecule has 0 fully saturated rings. The van der Waals surface area contributed by atoms with Crippen molar-refractivity contribution in [3.8, 4) is 0 Å². The number of nitrogens with zero attached hydrogens (tertiary/aromatic N) is 1. The fourth-order valence-electron chi connectivity index (χ4n) is 2.81. The van der Waals surface area contributed by atoms with Gasteiger partial charge in [-0.3, -0.25) is 0 Å². The van der Waals surface area contributed by atoms with E-state index in [0.29, 0.717) is 12.5 Å². The number of guanidine groups is 1. The summed E-state index contributed by atoms with van der Waals surface area (Å²) in [5.41, 5.74) is 1.76. The van der Waals surface area contributed by atoms with E-state index in [1.807, 2.05) is 24.3 Å². The van der Waals surface area contributed by atoms with E-state index in [9.17, 15) is 8.42 Å². The van der Waals surface area contributed by atoms with Gasteiger partial charge in [0.1, 0.15) is 0 Å². The number of sulfonamides is 1. The third-order valence-corrected chi connectivity index (χ3v) is 5.86. The van der Waals surface area contributed by atoms with Crippen LogP contribution in [0, 0.1) is 5.92 Å². The Morgan fingerprint density at radius 2 is 1.86 bits per heavy atom. The van der Waals surface area contributed by atoms with Crippen molar-refractivity contribution in [1.29, 1.82) is 0 Å². The number of benzene rings is 1. The van der Waals surface area contributed by atoms with Gasteiger partial charge in [-0.15, -0.1) is 24.0 Å². The van der Waals surface area contributed by atoms with Gasteiger partial charge in [0.25, 0.3) is 0 Å². The highest BCUT2D eigenvalue weighted by Crippen LogP contribution is 2.12. The summed E-state index contributed by atoms with van der Waals surface area (Å²) in [6.07, 6.45) is 4.89. The van der Waals surface area contributed by atoms with Crippen LogP contribution in [-0.4, -0.2) is 34.5 Å². The lowest BCUT2D eigenvalue weighted by Gasteiger charge is -2.18. The topological polar surface area (TPSA) is 82.6 Å². The van der Waals surface area contributed by atoms with Gasteiger partial charge in [0.05, 0.1) is 12.3 Å². The van der Waals surface area contributed by atoms with Gasteiger partial charge in [-0.05, 0) is 37.4 Å². The zero-order valence-corrected chi connectivity index (χ0v) is 20.8. The van der Waals surface area contributed by atoms with Crippen LogP contribution in [0.15, 0.2) is 29.3 Å². The number of aliphatic imine (C=N–C) groups is 1. The molecule has 0 saturated carbocycles. The zero-order chi connectivity index (χ0) is 20.1. The molecule has 1 unspecified atom stereocenters. The van der Waals surface area contributed by atoms with Crippen LogP contribution >= 0.6 is 24.0 Å². The first kappa shape index (κ1) is 27.1. The maximum Gasteiger partial charge on any atom is 0.215 e. The van der Waals surface area contributed by atoms with Gasteiger partial charge in [-0.1, -0.05) is 57.4 Å². The van der Waals surface area contributed by atoms with Crippen molar-refractivity contribution in [3.05, 3.63) is 35.4 Å². The van der Waals surface area contributed by atoms with Gasteiger partial charge in [-0.2, -0.15) is 0 Å². The maximum atomic E-state index is 11.7. The van der Waals surface area contributed by atoms with Crippen LogP contribution in [0.25, 0.3) is 0 Å². The maximum absolute atomic E-state index is 11.7. The summed E-state index contributed by atoms with van der Waals surface area (Å²) >= 11 is 0. The quantitative estimate of drug-likeness (QED) is 0.222. The molecule has 3 N–H and O–H groups in total. The van der Waals surface area contributed by atoms with Crippen LogP contribution in [-0.2, 0) is 22.3 Å². The lowest BCUT2D eigenvalue weighted by molar-refractivity contribution is 0.443. The van der Waals surface area contributed by atoms with E-state index in [-0.39, 0.29) is 29.7 Å². The predicted molar refractivity (Wildman–Crippen MR) is 130 cm³/mol. The van der Waals surface area contributed by atoms with Crippen LogP contribution in [0.1, 0.15) is 57.6 Å². The largest absolute Gasteiger partial charge is 0.357 e. The number of unbranched alkanes of at least 4 members (excludes halogenated alkanes) is 1. The molecule has 1 rings (SSSR count). The SMILES string of the molecule is CCCCC(CC)CNC(=NCc1cccc(CS(=O)(=O)NC)c1)NCC.I. The highest BCUT2D eigenvalue weighted by molar-refractivity contribution is 14.0. The van der Waals surface area contributed by atoms with Crippen LogP contribution in [0.2, 0.25) is 0 Å². The molecule has 0 aliphatic heterocycles. The van der Waals surface area contributed by atoms with Gasteiger partial charge in [0.2, 0.25) is 10.0 Å². The Hall–Kier alpha value is -0.870. The van der Waals surface area contributed by atoms with Crippen LogP contribution in [0.3, 0.4) is 0 Å². The Morgan fingerprint density at radius 3 is 2.46 bits per heavy atom. The summed E-state index contributed by atoms with van der Waals surface area (Å²) in [6.45, 7) is 8.74. The summed E-state index contributed by atoms with van der Waals surface area (Å²) in [5, 5.41) is 6.73. The second-order valence-electron chi connectivity index (χ2n) is 6.78. The van der Waals surface area contributed by atoms with Crippen molar-refractivity contribution in [2.24, 2.45) is 10.9 Å². The predicted octanol–water partition coefficient (Wildman–Crippen LogP) is 3.63.